The summed E-state index contributed by atoms with van der Waals surface area (Å²) in [5.74, 6) is 0.642. The fourth-order valence-corrected chi connectivity index (χ4v) is 2.05. The summed E-state index contributed by atoms with van der Waals surface area (Å²) in [6.07, 6.45) is 5.58. The zero-order valence-electron chi connectivity index (χ0n) is 11.7. The van der Waals surface area contributed by atoms with Crippen LogP contribution in [0.25, 0.3) is 0 Å². The second-order valence-corrected chi connectivity index (χ2v) is 4.57. The molecule has 102 valence electrons. The summed E-state index contributed by atoms with van der Waals surface area (Å²) >= 11 is 0. The lowest BCUT2D eigenvalue weighted by atomic mass is 10.1. The van der Waals surface area contributed by atoms with Gasteiger partial charge < -0.3 is 10.5 Å². The van der Waals surface area contributed by atoms with Crippen molar-refractivity contribution >= 4 is 0 Å². The van der Waals surface area contributed by atoms with Gasteiger partial charge in [-0.2, -0.15) is 0 Å². The van der Waals surface area contributed by atoms with E-state index in [0.717, 1.165) is 12.1 Å². The molecule has 0 amide bonds. The lowest BCUT2D eigenvalue weighted by Crippen LogP contribution is -2.31. The number of methoxy groups -OCH3 is 1. The monoisotopic (exact) mass is 251 g/mol. The van der Waals surface area contributed by atoms with Crippen molar-refractivity contribution in [1.82, 2.24) is 9.88 Å². The van der Waals surface area contributed by atoms with Gasteiger partial charge in [0.1, 0.15) is 0 Å². The average molecular weight is 251 g/mol. The van der Waals surface area contributed by atoms with Gasteiger partial charge in [0.05, 0.1) is 7.11 Å². The molecule has 0 aromatic carbocycles. The lowest BCUT2D eigenvalue weighted by molar-refractivity contribution is 0.244. The maximum atomic E-state index is 5.88. The normalized spacial score (nSPS) is 12.7. The highest BCUT2D eigenvalue weighted by molar-refractivity contribution is 5.21. The van der Waals surface area contributed by atoms with Crippen LogP contribution in [0.1, 0.15) is 37.8 Å². The summed E-state index contributed by atoms with van der Waals surface area (Å²) in [6.45, 7) is 3.90. The predicted molar refractivity (Wildman–Crippen MR) is 74.7 cm³/mol. The van der Waals surface area contributed by atoms with Gasteiger partial charge in [0.25, 0.3) is 0 Å². The zero-order valence-corrected chi connectivity index (χ0v) is 11.7. The van der Waals surface area contributed by atoms with Crippen molar-refractivity contribution in [3.63, 3.8) is 0 Å². The summed E-state index contributed by atoms with van der Waals surface area (Å²) in [6, 6.07) is 4.16. The van der Waals surface area contributed by atoms with Gasteiger partial charge in [-0.15, -0.1) is 0 Å². The number of aromatic nitrogens is 1. The molecule has 0 aliphatic rings. The maximum absolute atomic E-state index is 5.88. The summed E-state index contributed by atoms with van der Waals surface area (Å²) in [5, 5.41) is 0. The van der Waals surface area contributed by atoms with Crippen molar-refractivity contribution in [1.29, 1.82) is 0 Å². The molecule has 4 heteroatoms. The van der Waals surface area contributed by atoms with Crippen LogP contribution in [0.3, 0.4) is 0 Å². The molecule has 0 bridgehead atoms. The molecular weight excluding hydrogens is 226 g/mol. The smallest absolute Gasteiger partial charge is 0.212 e. The lowest BCUT2D eigenvalue weighted by Gasteiger charge is -2.27. The van der Waals surface area contributed by atoms with Crippen molar-refractivity contribution in [2.45, 2.75) is 32.2 Å². The minimum Gasteiger partial charge on any atom is -0.481 e. The van der Waals surface area contributed by atoms with E-state index in [-0.39, 0.29) is 6.04 Å². The fraction of sp³-hybridized carbons (Fsp3) is 0.643. The number of unbranched alkanes of at least 4 members (excludes halogenated alkanes) is 2. The van der Waals surface area contributed by atoms with Crippen LogP contribution >= 0.6 is 0 Å². The van der Waals surface area contributed by atoms with Crippen molar-refractivity contribution in [3.05, 3.63) is 23.9 Å². The fourth-order valence-electron chi connectivity index (χ4n) is 2.05. The first-order valence-electron chi connectivity index (χ1n) is 6.63. The minimum absolute atomic E-state index is 0.236. The molecule has 0 saturated carbocycles. The Balaban J connectivity index is 2.62. The number of nitrogens with two attached hydrogens (primary N) is 1. The van der Waals surface area contributed by atoms with Crippen LogP contribution in [0.4, 0.5) is 0 Å². The number of pyridine rings is 1. The van der Waals surface area contributed by atoms with Crippen molar-refractivity contribution < 1.29 is 4.74 Å². The Hall–Kier alpha value is -1.13. The van der Waals surface area contributed by atoms with Gasteiger partial charge in [-0.1, -0.05) is 25.8 Å². The number of rotatable bonds is 8. The van der Waals surface area contributed by atoms with E-state index in [1.54, 1.807) is 7.11 Å². The molecule has 0 aliphatic heterocycles. The van der Waals surface area contributed by atoms with Crippen LogP contribution in [0.5, 0.6) is 5.88 Å². The number of ether oxygens (including phenoxy) is 1. The van der Waals surface area contributed by atoms with Gasteiger partial charge >= 0.3 is 0 Å². The maximum Gasteiger partial charge on any atom is 0.212 e. The molecule has 18 heavy (non-hydrogen) atoms. The zero-order chi connectivity index (χ0) is 13.4. The molecule has 0 saturated heterocycles. The van der Waals surface area contributed by atoms with Crippen LogP contribution in [0.15, 0.2) is 18.3 Å². The number of likely N-dealkylation sites (N-methyl/N-ethyl adjacent to an activating group) is 1. The van der Waals surface area contributed by atoms with Crippen LogP contribution in [0.2, 0.25) is 0 Å². The quantitative estimate of drug-likeness (QED) is 0.720. The van der Waals surface area contributed by atoms with Crippen LogP contribution < -0.4 is 10.5 Å². The molecule has 1 atom stereocenters. The first-order valence-corrected chi connectivity index (χ1v) is 6.63. The Morgan fingerprint density at radius 3 is 2.67 bits per heavy atom. The molecule has 1 aromatic heterocycles. The van der Waals surface area contributed by atoms with E-state index in [4.69, 9.17) is 10.5 Å². The molecule has 1 rings (SSSR count). The van der Waals surface area contributed by atoms with Gasteiger partial charge in [0.15, 0.2) is 0 Å². The standard InChI is InChI=1S/C14H25N3O/c1-4-5-6-9-17(2)13(10-15)12-7-8-14(18-3)16-11-12/h7-8,11,13H,4-6,9-10,15H2,1-3H3. The Morgan fingerprint density at radius 1 is 1.39 bits per heavy atom. The van der Waals surface area contributed by atoms with E-state index in [1.807, 2.05) is 18.3 Å². The number of hydrogen-bond donors (Lipinski definition) is 1. The summed E-state index contributed by atoms with van der Waals surface area (Å²) in [7, 11) is 3.75. The summed E-state index contributed by atoms with van der Waals surface area (Å²) in [5.41, 5.74) is 7.03. The van der Waals surface area contributed by atoms with E-state index in [1.165, 1.54) is 19.3 Å². The second-order valence-electron chi connectivity index (χ2n) is 4.57. The third-order valence-corrected chi connectivity index (χ3v) is 3.22. The highest BCUT2D eigenvalue weighted by atomic mass is 16.5. The Bertz CT molecular complexity index is 326. The molecule has 0 aliphatic carbocycles. The molecule has 0 spiro atoms. The SMILES string of the molecule is CCCCCN(C)C(CN)c1ccc(OC)nc1. The molecule has 1 aromatic rings. The highest BCUT2D eigenvalue weighted by Crippen LogP contribution is 2.19. The Labute approximate surface area is 110 Å². The average Bonchev–Trinajstić information content (AvgIpc) is 2.41. The van der Waals surface area contributed by atoms with Gasteiger partial charge in [-0.25, -0.2) is 4.98 Å². The van der Waals surface area contributed by atoms with E-state index in [0.29, 0.717) is 12.4 Å². The Kier molecular flexibility index (Phi) is 6.68. The predicted octanol–water partition coefficient (Wildman–Crippen LogP) is 2.21. The highest BCUT2D eigenvalue weighted by Gasteiger charge is 2.15. The molecule has 4 nitrogen and oxygen atoms in total. The first-order chi connectivity index (χ1) is 8.72. The third kappa shape index (κ3) is 4.27. The van der Waals surface area contributed by atoms with Crippen molar-refractivity contribution in [2.75, 3.05) is 27.2 Å². The van der Waals surface area contributed by atoms with Crippen LogP contribution in [-0.2, 0) is 0 Å². The van der Waals surface area contributed by atoms with Gasteiger partial charge in [-0.3, -0.25) is 4.90 Å². The van der Waals surface area contributed by atoms with Gasteiger partial charge in [0, 0.05) is 24.8 Å². The topological polar surface area (TPSA) is 51.4 Å². The molecular formula is C14H25N3O. The largest absolute Gasteiger partial charge is 0.481 e. The molecule has 2 N–H and O–H groups in total. The van der Waals surface area contributed by atoms with Crippen LogP contribution in [-0.4, -0.2) is 37.1 Å². The van der Waals surface area contributed by atoms with E-state index < -0.39 is 0 Å². The molecule has 1 heterocycles. The van der Waals surface area contributed by atoms with Crippen LogP contribution in [0, 0.1) is 0 Å². The summed E-state index contributed by atoms with van der Waals surface area (Å²) in [4.78, 5) is 6.55. The van der Waals surface area contributed by atoms with Gasteiger partial charge in [-0.05, 0) is 25.6 Å². The van der Waals surface area contributed by atoms with Crippen molar-refractivity contribution in [2.24, 2.45) is 5.73 Å². The second kappa shape index (κ2) is 8.06. The molecule has 1 unspecified atom stereocenters. The van der Waals surface area contributed by atoms with Crippen molar-refractivity contribution in [3.8, 4) is 5.88 Å². The van der Waals surface area contributed by atoms with E-state index >= 15 is 0 Å². The van der Waals surface area contributed by atoms with E-state index in [2.05, 4.69) is 23.9 Å². The molecule has 0 radical (unpaired) electrons. The third-order valence-electron chi connectivity index (χ3n) is 3.22. The minimum atomic E-state index is 0.236. The van der Waals surface area contributed by atoms with Gasteiger partial charge in [0.2, 0.25) is 5.88 Å². The molecule has 0 fully saturated rings. The summed E-state index contributed by atoms with van der Waals surface area (Å²) < 4.78 is 5.07. The number of hydrogen-bond acceptors (Lipinski definition) is 4. The first kappa shape index (κ1) is 14.9. The Morgan fingerprint density at radius 2 is 2.17 bits per heavy atom. The number of nitrogens with zero attached hydrogens (tertiary/aromatic N) is 2. The van der Waals surface area contributed by atoms with E-state index in [9.17, 15) is 0 Å².